The summed E-state index contributed by atoms with van der Waals surface area (Å²) in [5.74, 6) is -0.329. The van der Waals surface area contributed by atoms with E-state index < -0.39 is 0 Å². The zero-order valence-corrected chi connectivity index (χ0v) is 13.3. The van der Waals surface area contributed by atoms with Crippen molar-refractivity contribution in [3.05, 3.63) is 20.8 Å². The highest BCUT2D eigenvalue weighted by molar-refractivity contribution is 9.10. The number of carbonyl (C=O) groups is 1. The first-order chi connectivity index (χ1) is 8.32. The first kappa shape index (κ1) is 15.6. The number of rotatable bonds is 6. The minimum absolute atomic E-state index is 0.00815. The molecule has 2 atom stereocenters. The van der Waals surface area contributed by atoms with Gasteiger partial charge in [-0.2, -0.15) is 0 Å². The van der Waals surface area contributed by atoms with Gasteiger partial charge in [0.1, 0.15) is 0 Å². The number of nitrogens with two attached hydrogens (primary N) is 2. The number of halogens is 1. The molecule has 0 aromatic carbocycles. The number of carbonyl (C=O) groups excluding carboxylic acids is 1. The second kappa shape index (κ2) is 6.65. The van der Waals surface area contributed by atoms with Crippen LogP contribution in [0.5, 0.6) is 0 Å². The summed E-state index contributed by atoms with van der Waals surface area (Å²) in [5, 5.41) is 2.02. The van der Waals surface area contributed by atoms with Crippen LogP contribution in [0.4, 0.5) is 0 Å². The SMILES string of the molecule is CC(N)C(c1cc(Br)cs1)N(CC(N)=O)C(C)C. The number of hydrogen-bond donors (Lipinski definition) is 2. The van der Waals surface area contributed by atoms with E-state index >= 15 is 0 Å². The maximum atomic E-state index is 11.2. The Bertz CT molecular complexity index is 406. The topological polar surface area (TPSA) is 72.3 Å². The zero-order valence-electron chi connectivity index (χ0n) is 10.9. The highest BCUT2D eigenvalue weighted by Crippen LogP contribution is 2.32. The lowest BCUT2D eigenvalue weighted by Crippen LogP contribution is -2.46. The summed E-state index contributed by atoms with van der Waals surface area (Å²) in [4.78, 5) is 14.4. The highest BCUT2D eigenvalue weighted by atomic mass is 79.9. The van der Waals surface area contributed by atoms with Crippen molar-refractivity contribution in [3.63, 3.8) is 0 Å². The third-order valence-corrected chi connectivity index (χ3v) is 4.50. The van der Waals surface area contributed by atoms with Crippen molar-refractivity contribution in [1.82, 2.24) is 4.90 Å². The van der Waals surface area contributed by atoms with Gasteiger partial charge in [0.15, 0.2) is 0 Å². The van der Waals surface area contributed by atoms with E-state index in [9.17, 15) is 4.79 Å². The highest BCUT2D eigenvalue weighted by Gasteiger charge is 2.28. The second-order valence-electron chi connectivity index (χ2n) is 4.70. The summed E-state index contributed by atoms with van der Waals surface area (Å²) < 4.78 is 1.04. The van der Waals surface area contributed by atoms with Gasteiger partial charge in [-0.05, 0) is 42.8 Å². The average molecular weight is 334 g/mol. The molecule has 6 heteroatoms. The van der Waals surface area contributed by atoms with Gasteiger partial charge in [-0.15, -0.1) is 11.3 Å². The van der Waals surface area contributed by atoms with Gasteiger partial charge < -0.3 is 11.5 Å². The minimum atomic E-state index is -0.329. The Morgan fingerprint density at radius 1 is 1.50 bits per heavy atom. The molecule has 4 N–H and O–H groups in total. The van der Waals surface area contributed by atoms with E-state index in [0.29, 0.717) is 0 Å². The predicted octanol–water partition coefficient (Wildman–Crippen LogP) is 2.09. The molecule has 102 valence electrons. The van der Waals surface area contributed by atoms with E-state index in [1.807, 2.05) is 31.1 Å². The standard InChI is InChI=1S/C12H20BrN3OS/c1-7(2)16(5-11(15)17)12(8(3)14)10-4-9(13)6-18-10/h4,6-8,12H,5,14H2,1-3H3,(H2,15,17). The molecule has 2 unspecified atom stereocenters. The molecular weight excluding hydrogens is 314 g/mol. The Morgan fingerprint density at radius 2 is 2.11 bits per heavy atom. The van der Waals surface area contributed by atoms with Crippen LogP contribution in [0.15, 0.2) is 15.9 Å². The van der Waals surface area contributed by atoms with Gasteiger partial charge in [0, 0.05) is 26.8 Å². The fourth-order valence-electron chi connectivity index (χ4n) is 1.99. The summed E-state index contributed by atoms with van der Waals surface area (Å²) in [5.41, 5.74) is 11.4. The zero-order chi connectivity index (χ0) is 13.9. The molecule has 1 rings (SSSR count). The Balaban J connectivity index is 3.04. The van der Waals surface area contributed by atoms with Crippen LogP contribution in [0.3, 0.4) is 0 Å². The second-order valence-corrected chi connectivity index (χ2v) is 6.56. The fraction of sp³-hybridized carbons (Fsp3) is 0.583. The van der Waals surface area contributed by atoms with Crippen LogP contribution in [0.1, 0.15) is 31.7 Å². The van der Waals surface area contributed by atoms with Gasteiger partial charge in [0.2, 0.25) is 5.91 Å². The lowest BCUT2D eigenvalue weighted by molar-refractivity contribution is -0.120. The number of thiophene rings is 1. The van der Waals surface area contributed by atoms with Crippen molar-refractivity contribution < 1.29 is 4.79 Å². The third kappa shape index (κ3) is 4.05. The lowest BCUT2D eigenvalue weighted by Gasteiger charge is -2.35. The van der Waals surface area contributed by atoms with Crippen LogP contribution < -0.4 is 11.5 Å². The molecule has 0 aliphatic carbocycles. The van der Waals surface area contributed by atoms with Crippen LogP contribution in [0, 0.1) is 0 Å². The molecule has 1 aromatic heterocycles. The van der Waals surface area contributed by atoms with Crippen LogP contribution >= 0.6 is 27.3 Å². The molecule has 0 radical (unpaired) electrons. The molecule has 18 heavy (non-hydrogen) atoms. The van der Waals surface area contributed by atoms with E-state index in [2.05, 4.69) is 22.0 Å². The van der Waals surface area contributed by atoms with E-state index in [-0.39, 0.29) is 30.6 Å². The smallest absolute Gasteiger partial charge is 0.231 e. The molecule has 4 nitrogen and oxygen atoms in total. The molecule has 0 bridgehead atoms. The molecule has 0 saturated carbocycles. The Labute approximate surface area is 120 Å². The summed E-state index contributed by atoms with van der Waals surface area (Å²) in [6.45, 7) is 6.26. The molecule has 0 aliphatic rings. The van der Waals surface area contributed by atoms with Gasteiger partial charge in [0.25, 0.3) is 0 Å². The van der Waals surface area contributed by atoms with Gasteiger partial charge in [-0.3, -0.25) is 9.69 Å². The summed E-state index contributed by atoms with van der Waals surface area (Å²) >= 11 is 5.08. The maximum Gasteiger partial charge on any atom is 0.231 e. The third-order valence-electron chi connectivity index (χ3n) is 2.74. The molecule has 1 amide bonds. The first-order valence-corrected chi connectivity index (χ1v) is 7.53. The normalized spacial score (nSPS) is 15.1. The molecule has 0 fully saturated rings. The van der Waals surface area contributed by atoms with Crippen molar-refractivity contribution in [2.24, 2.45) is 11.5 Å². The molecule has 1 heterocycles. The van der Waals surface area contributed by atoms with Gasteiger partial charge >= 0.3 is 0 Å². The quantitative estimate of drug-likeness (QED) is 0.837. The van der Waals surface area contributed by atoms with Crippen LogP contribution in [0.25, 0.3) is 0 Å². The van der Waals surface area contributed by atoms with E-state index in [1.54, 1.807) is 11.3 Å². The lowest BCUT2D eigenvalue weighted by atomic mass is 10.1. The minimum Gasteiger partial charge on any atom is -0.369 e. The largest absolute Gasteiger partial charge is 0.369 e. The molecular formula is C12H20BrN3OS. The van der Waals surface area contributed by atoms with Gasteiger partial charge in [0.05, 0.1) is 12.6 Å². The summed E-state index contributed by atoms with van der Waals surface area (Å²) in [6, 6.07) is 2.19. The van der Waals surface area contributed by atoms with E-state index in [0.717, 1.165) is 9.35 Å². The van der Waals surface area contributed by atoms with Gasteiger partial charge in [-0.1, -0.05) is 0 Å². The van der Waals surface area contributed by atoms with E-state index in [1.165, 1.54) is 0 Å². The van der Waals surface area contributed by atoms with Crippen molar-refractivity contribution in [3.8, 4) is 0 Å². The Kier molecular flexibility index (Phi) is 5.78. The molecule has 1 aromatic rings. The number of amides is 1. The number of nitrogens with zero attached hydrogens (tertiary/aromatic N) is 1. The summed E-state index contributed by atoms with van der Waals surface area (Å²) in [7, 11) is 0. The van der Waals surface area contributed by atoms with Crippen molar-refractivity contribution >= 4 is 33.2 Å². The van der Waals surface area contributed by atoms with Crippen molar-refractivity contribution in [2.75, 3.05) is 6.54 Å². The molecule has 0 saturated heterocycles. The van der Waals surface area contributed by atoms with Crippen LogP contribution in [-0.4, -0.2) is 29.4 Å². The first-order valence-electron chi connectivity index (χ1n) is 5.86. The molecule has 0 aliphatic heterocycles. The fourth-order valence-corrected chi connectivity index (χ4v) is 3.67. The van der Waals surface area contributed by atoms with Crippen LogP contribution in [-0.2, 0) is 4.79 Å². The number of hydrogen-bond acceptors (Lipinski definition) is 4. The number of primary amides is 1. The predicted molar refractivity (Wildman–Crippen MR) is 79.4 cm³/mol. The van der Waals surface area contributed by atoms with Crippen molar-refractivity contribution in [1.29, 1.82) is 0 Å². The monoisotopic (exact) mass is 333 g/mol. The van der Waals surface area contributed by atoms with Crippen LogP contribution in [0.2, 0.25) is 0 Å². The van der Waals surface area contributed by atoms with E-state index in [4.69, 9.17) is 11.5 Å². The molecule has 0 spiro atoms. The van der Waals surface area contributed by atoms with Crippen molar-refractivity contribution in [2.45, 2.75) is 38.9 Å². The summed E-state index contributed by atoms with van der Waals surface area (Å²) in [6.07, 6.45) is 0. The van der Waals surface area contributed by atoms with Gasteiger partial charge in [-0.25, -0.2) is 0 Å². The Morgan fingerprint density at radius 3 is 2.44 bits per heavy atom. The maximum absolute atomic E-state index is 11.2. The Hall–Kier alpha value is -0.430. The average Bonchev–Trinajstić information content (AvgIpc) is 2.62.